The van der Waals surface area contributed by atoms with Crippen LogP contribution in [0.4, 0.5) is 5.69 Å². The van der Waals surface area contributed by atoms with Crippen molar-refractivity contribution in [2.45, 2.75) is 19.3 Å². The zero-order valence-electron chi connectivity index (χ0n) is 12.2. The number of rotatable bonds is 6. The molecule has 6 nitrogen and oxygen atoms in total. The molecule has 0 radical (unpaired) electrons. The fraction of sp³-hybridized carbons (Fsp3) is 0.467. The van der Waals surface area contributed by atoms with Crippen LogP contribution in [0.2, 0.25) is 0 Å². The summed E-state index contributed by atoms with van der Waals surface area (Å²) in [5, 5.41) is 2.84. The number of anilines is 1. The van der Waals surface area contributed by atoms with Gasteiger partial charge < -0.3 is 20.7 Å². The lowest BCUT2D eigenvalue weighted by atomic mass is 10.1. The van der Waals surface area contributed by atoms with Crippen LogP contribution < -0.4 is 15.8 Å². The Hall–Kier alpha value is -2.24. The largest absolute Gasteiger partial charge is 0.495 e. The standard InChI is InChI=1S/C15H21N3O3/c1-21-13-10-11(5-6-12(13)16)15(20)17-7-3-9-18-8-2-4-14(18)19/h5-6,10H,2-4,7-9,16H2,1H3,(H,17,20). The van der Waals surface area contributed by atoms with E-state index in [1.165, 1.54) is 7.11 Å². The fourth-order valence-corrected chi connectivity index (χ4v) is 2.37. The minimum atomic E-state index is -0.166. The molecule has 1 heterocycles. The van der Waals surface area contributed by atoms with E-state index in [2.05, 4.69) is 5.32 Å². The van der Waals surface area contributed by atoms with Crippen LogP contribution >= 0.6 is 0 Å². The lowest BCUT2D eigenvalue weighted by Crippen LogP contribution is -2.30. The summed E-state index contributed by atoms with van der Waals surface area (Å²) in [5.41, 5.74) is 6.72. The highest BCUT2D eigenvalue weighted by Gasteiger charge is 2.19. The first-order chi connectivity index (χ1) is 10.1. The van der Waals surface area contributed by atoms with E-state index < -0.39 is 0 Å². The van der Waals surface area contributed by atoms with Crippen molar-refractivity contribution in [2.75, 3.05) is 32.5 Å². The number of hydrogen-bond donors (Lipinski definition) is 2. The number of nitrogen functional groups attached to an aromatic ring is 1. The normalized spacial score (nSPS) is 14.3. The summed E-state index contributed by atoms with van der Waals surface area (Å²) in [5.74, 6) is 0.538. The number of carbonyl (C=O) groups is 2. The summed E-state index contributed by atoms with van der Waals surface area (Å²) in [6.45, 7) is 2.07. The van der Waals surface area contributed by atoms with Crippen LogP contribution in [-0.4, -0.2) is 43.5 Å². The maximum absolute atomic E-state index is 12.0. The third-order valence-electron chi connectivity index (χ3n) is 3.56. The average Bonchev–Trinajstić information content (AvgIpc) is 2.89. The molecule has 0 aliphatic carbocycles. The molecule has 1 aromatic carbocycles. The van der Waals surface area contributed by atoms with Gasteiger partial charge in [-0.15, -0.1) is 0 Å². The van der Waals surface area contributed by atoms with Gasteiger partial charge in [-0.2, -0.15) is 0 Å². The maximum atomic E-state index is 12.0. The molecule has 0 unspecified atom stereocenters. The van der Waals surface area contributed by atoms with Crippen molar-refractivity contribution in [2.24, 2.45) is 0 Å². The van der Waals surface area contributed by atoms with Crippen molar-refractivity contribution in [3.05, 3.63) is 23.8 Å². The Morgan fingerprint density at radius 3 is 2.95 bits per heavy atom. The highest BCUT2D eigenvalue weighted by molar-refractivity contribution is 5.95. The Balaban J connectivity index is 1.78. The molecule has 0 saturated carbocycles. The zero-order valence-corrected chi connectivity index (χ0v) is 12.2. The number of carbonyl (C=O) groups excluding carboxylic acids is 2. The maximum Gasteiger partial charge on any atom is 0.251 e. The van der Waals surface area contributed by atoms with E-state index in [0.717, 1.165) is 19.4 Å². The highest BCUT2D eigenvalue weighted by atomic mass is 16.5. The average molecular weight is 291 g/mol. The van der Waals surface area contributed by atoms with E-state index in [1.54, 1.807) is 18.2 Å². The van der Waals surface area contributed by atoms with Crippen LogP contribution in [0, 0.1) is 0 Å². The van der Waals surface area contributed by atoms with Crippen LogP contribution in [0.1, 0.15) is 29.6 Å². The Labute approximate surface area is 124 Å². The van der Waals surface area contributed by atoms with Crippen molar-refractivity contribution in [3.8, 4) is 5.75 Å². The molecule has 3 N–H and O–H groups in total. The molecule has 0 bridgehead atoms. The Bertz CT molecular complexity index is 531. The molecule has 0 spiro atoms. The van der Waals surface area contributed by atoms with E-state index in [0.29, 0.717) is 36.5 Å². The number of nitrogens with two attached hydrogens (primary N) is 1. The first kappa shape index (κ1) is 15.2. The molecule has 6 heteroatoms. The topological polar surface area (TPSA) is 84.7 Å². The molecule has 21 heavy (non-hydrogen) atoms. The number of nitrogens with one attached hydrogen (secondary N) is 1. The second kappa shape index (κ2) is 6.97. The van der Waals surface area contributed by atoms with Crippen molar-refractivity contribution < 1.29 is 14.3 Å². The summed E-state index contributed by atoms with van der Waals surface area (Å²) in [4.78, 5) is 25.3. The van der Waals surface area contributed by atoms with Gasteiger partial charge in [0, 0.05) is 31.6 Å². The van der Waals surface area contributed by atoms with Gasteiger partial charge in [-0.25, -0.2) is 0 Å². The van der Waals surface area contributed by atoms with Gasteiger partial charge in [-0.05, 0) is 31.0 Å². The smallest absolute Gasteiger partial charge is 0.251 e. The molecular formula is C15H21N3O3. The third-order valence-corrected chi connectivity index (χ3v) is 3.56. The molecule has 1 fully saturated rings. The number of likely N-dealkylation sites (tertiary alicyclic amines) is 1. The first-order valence-corrected chi connectivity index (χ1v) is 7.11. The molecule has 2 amide bonds. The van der Waals surface area contributed by atoms with Crippen molar-refractivity contribution in [1.29, 1.82) is 0 Å². The van der Waals surface area contributed by atoms with Crippen molar-refractivity contribution in [1.82, 2.24) is 10.2 Å². The number of ether oxygens (including phenoxy) is 1. The molecule has 1 aliphatic rings. The quantitative estimate of drug-likeness (QED) is 0.605. The first-order valence-electron chi connectivity index (χ1n) is 7.11. The zero-order chi connectivity index (χ0) is 15.2. The summed E-state index contributed by atoms with van der Waals surface area (Å²) < 4.78 is 5.09. The molecule has 0 aromatic heterocycles. The number of hydrogen-bond acceptors (Lipinski definition) is 4. The van der Waals surface area contributed by atoms with Crippen LogP contribution in [0.25, 0.3) is 0 Å². The van der Waals surface area contributed by atoms with Gasteiger partial charge in [0.1, 0.15) is 5.75 Å². The molecule has 1 aliphatic heterocycles. The second-order valence-electron chi connectivity index (χ2n) is 5.05. The van der Waals surface area contributed by atoms with Gasteiger partial charge in [0.2, 0.25) is 5.91 Å². The van der Waals surface area contributed by atoms with Crippen LogP contribution in [0.15, 0.2) is 18.2 Å². The molecule has 114 valence electrons. The minimum absolute atomic E-state index is 0.166. The Kier molecular flexibility index (Phi) is 5.03. The fourth-order valence-electron chi connectivity index (χ4n) is 2.37. The van der Waals surface area contributed by atoms with Gasteiger partial charge in [0.25, 0.3) is 5.91 Å². The highest BCUT2D eigenvalue weighted by Crippen LogP contribution is 2.21. The predicted octanol–water partition coefficient (Wildman–Crippen LogP) is 1.02. The van der Waals surface area contributed by atoms with E-state index in [-0.39, 0.29) is 11.8 Å². The van der Waals surface area contributed by atoms with Crippen LogP contribution in [0.3, 0.4) is 0 Å². The van der Waals surface area contributed by atoms with Gasteiger partial charge in [-0.3, -0.25) is 9.59 Å². The molecular weight excluding hydrogens is 270 g/mol. The van der Waals surface area contributed by atoms with Crippen molar-refractivity contribution >= 4 is 17.5 Å². The molecule has 1 saturated heterocycles. The minimum Gasteiger partial charge on any atom is -0.495 e. The van der Waals surface area contributed by atoms with E-state index >= 15 is 0 Å². The molecule has 1 aromatic rings. The Morgan fingerprint density at radius 2 is 2.29 bits per heavy atom. The van der Waals surface area contributed by atoms with Gasteiger partial charge in [-0.1, -0.05) is 0 Å². The number of nitrogens with zero attached hydrogens (tertiary/aromatic N) is 1. The summed E-state index contributed by atoms with van der Waals surface area (Å²) in [7, 11) is 1.51. The monoisotopic (exact) mass is 291 g/mol. The third kappa shape index (κ3) is 3.87. The predicted molar refractivity (Wildman–Crippen MR) is 80.2 cm³/mol. The summed E-state index contributed by atoms with van der Waals surface area (Å²) >= 11 is 0. The number of benzene rings is 1. The molecule has 2 rings (SSSR count). The number of methoxy groups -OCH3 is 1. The molecule has 0 atom stereocenters. The SMILES string of the molecule is COc1cc(C(=O)NCCCN2CCCC2=O)ccc1N. The van der Waals surface area contributed by atoms with Gasteiger partial charge in [0.15, 0.2) is 0 Å². The van der Waals surface area contributed by atoms with E-state index in [4.69, 9.17) is 10.5 Å². The lowest BCUT2D eigenvalue weighted by molar-refractivity contribution is -0.127. The van der Waals surface area contributed by atoms with Crippen LogP contribution in [-0.2, 0) is 4.79 Å². The lowest BCUT2D eigenvalue weighted by Gasteiger charge is -2.15. The second-order valence-corrected chi connectivity index (χ2v) is 5.05. The van der Waals surface area contributed by atoms with E-state index in [9.17, 15) is 9.59 Å². The number of amides is 2. The van der Waals surface area contributed by atoms with E-state index in [1.807, 2.05) is 4.90 Å². The van der Waals surface area contributed by atoms with Gasteiger partial charge in [0.05, 0.1) is 12.8 Å². The van der Waals surface area contributed by atoms with Gasteiger partial charge >= 0.3 is 0 Å². The Morgan fingerprint density at radius 1 is 1.48 bits per heavy atom. The summed E-state index contributed by atoms with van der Waals surface area (Å²) in [6, 6.07) is 4.93. The van der Waals surface area contributed by atoms with Crippen LogP contribution in [0.5, 0.6) is 5.75 Å². The van der Waals surface area contributed by atoms with Crippen molar-refractivity contribution in [3.63, 3.8) is 0 Å². The summed E-state index contributed by atoms with van der Waals surface area (Å²) in [6.07, 6.45) is 2.34.